The van der Waals surface area contributed by atoms with Crippen LogP contribution in [-0.2, 0) is 6.61 Å². The first-order chi connectivity index (χ1) is 13.3. The number of hydrogen-bond acceptors (Lipinski definition) is 3. The van der Waals surface area contributed by atoms with E-state index in [9.17, 15) is 4.79 Å². The number of carbonyl (C=O) groups is 1. The van der Waals surface area contributed by atoms with E-state index in [0.29, 0.717) is 25.3 Å². The Kier molecular flexibility index (Phi) is 8.27. The van der Waals surface area contributed by atoms with Gasteiger partial charge in [0, 0.05) is 18.7 Å². The van der Waals surface area contributed by atoms with Crippen molar-refractivity contribution in [2.45, 2.75) is 40.2 Å². The number of unbranched alkanes of at least 4 members (excludes halogenated alkanes) is 1. The zero-order valence-electron chi connectivity index (χ0n) is 17.2. The molecule has 0 atom stereocenters. The van der Waals surface area contributed by atoms with Crippen LogP contribution >= 0.6 is 0 Å². The van der Waals surface area contributed by atoms with Crippen molar-refractivity contribution in [3.8, 4) is 5.75 Å². The Morgan fingerprint density at radius 3 is 2.43 bits per heavy atom. The van der Waals surface area contributed by atoms with Crippen molar-refractivity contribution in [1.29, 1.82) is 0 Å². The largest absolute Gasteiger partial charge is 0.489 e. The van der Waals surface area contributed by atoms with Crippen molar-refractivity contribution in [2.75, 3.05) is 19.6 Å². The molecule has 149 valence electrons. The highest BCUT2D eigenvalue weighted by Gasteiger charge is 2.22. The number of nitrogens with zero attached hydrogens (tertiary/aromatic N) is 1. The summed E-state index contributed by atoms with van der Waals surface area (Å²) in [5, 5.41) is 0.777. The maximum atomic E-state index is 13.1. The summed E-state index contributed by atoms with van der Waals surface area (Å²) < 4.78 is 5.89. The molecule has 0 saturated heterocycles. The van der Waals surface area contributed by atoms with Crippen LogP contribution in [0.3, 0.4) is 0 Å². The SMILES string of the molecule is CC(C)(C)CN(CCCCN)C(=O)c1ccc(OCc2ccccc2)c([Si])c1. The van der Waals surface area contributed by atoms with E-state index < -0.39 is 0 Å². The van der Waals surface area contributed by atoms with Crippen molar-refractivity contribution in [1.82, 2.24) is 4.90 Å². The minimum Gasteiger partial charge on any atom is -0.489 e. The molecule has 0 bridgehead atoms. The molecule has 0 spiro atoms. The summed E-state index contributed by atoms with van der Waals surface area (Å²) in [4.78, 5) is 15.0. The lowest BCUT2D eigenvalue weighted by Crippen LogP contribution is -2.39. The molecule has 0 aliphatic rings. The van der Waals surface area contributed by atoms with Gasteiger partial charge in [-0.05, 0) is 53.8 Å². The van der Waals surface area contributed by atoms with Gasteiger partial charge >= 0.3 is 0 Å². The maximum Gasteiger partial charge on any atom is 0.253 e. The second kappa shape index (κ2) is 10.4. The van der Waals surface area contributed by atoms with Crippen molar-refractivity contribution >= 4 is 21.3 Å². The molecule has 0 saturated carbocycles. The molecule has 2 N–H and O–H groups in total. The molecule has 5 heteroatoms. The third-order valence-electron chi connectivity index (χ3n) is 4.30. The first-order valence-electron chi connectivity index (χ1n) is 9.82. The van der Waals surface area contributed by atoms with Crippen LogP contribution in [0.25, 0.3) is 0 Å². The van der Waals surface area contributed by atoms with Crippen LogP contribution in [0.4, 0.5) is 0 Å². The summed E-state index contributed by atoms with van der Waals surface area (Å²) >= 11 is 0. The third kappa shape index (κ3) is 7.13. The highest BCUT2D eigenvalue weighted by Crippen LogP contribution is 2.19. The second-order valence-corrected chi connectivity index (χ2v) is 8.81. The van der Waals surface area contributed by atoms with Crippen molar-refractivity contribution in [3.63, 3.8) is 0 Å². The van der Waals surface area contributed by atoms with Crippen LogP contribution in [0.5, 0.6) is 5.75 Å². The minimum absolute atomic E-state index is 0.0356. The molecule has 0 aliphatic carbocycles. The number of amides is 1. The lowest BCUT2D eigenvalue weighted by molar-refractivity contribution is 0.0692. The molecular formula is C23H31N2O2Si. The summed E-state index contributed by atoms with van der Waals surface area (Å²) in [5.74, 6) is 0.767. The number of benzene rings is 2. The smallest absolute Gasteiger partial charge is 0.253 e. The van der Waals surface area contributed by atoms with E-state index in [1.54, 1.807) is 0 Å². The topological polar surface area (TPSA) is 55.6 Å². The summed E-state index contributed by atoms with van der Waals surface area (Å²) in [6, 6.07) is 15.5. The summed E-state index contributed by atoms with van der Waals surface area (Å²) in [6.45, 7) is 9.00. The van der Waals surface area contributed by atoms with Crippen LogP contribution in [-0.4, -0.2) is 40.7 Å². The van der Waals surface area contributed by atoms with Crippen LogP contribution in [0.2, 0.25) is 0 Å². The Morgan fingerprint density at radius 2 is 1.82 bits per heavy atom. The molecule has 2 rings (SSSR count). The highest BCUT2D eigenvalue weighted by atomic mass is 28.1. The fourth-order valence-corrected chi connectivity index (χ4v) is 3.29. The fourth-order valence-electron chi connectivity index (χ4n) is 2.98. The van der Waals surface area contributed by atoms with Gasteiger partial charge in [-0.25, -0.2) is 0 Å². The first kappa shape index (κ1) is 22.2. The average Bonchev–Trinajstić information content (AvgIpc) is 2.65. The third-order valence-corrected chi connectivity index (χ3v) is 4.69. The van der Waals surface area contributed by atoms with Gasteiger partial charge in [-0.15, -0.1) is 0 Å². The molecule has 0 aliphatic heterocycles. The molecule has 0 aromatic heterocycles. The predicted molar refractivity (Wildman–Crippen MR) is 116 cm³/mol. The van der Waals surface area contributed by atoms with E-state index in [2.05, 4.69) is 31.0 Å². The van der Waals surface area contributed by atoms with Gasteiger partial charge in [-0.3, -0.25) is 4.79 Å². The van der Waals surface area contributed by atoms with Gasteiger partial charge in [0.25, 0.3) is 5.91 Å². The molecule has 0 fully saturated rings. The van der Waals surface area contributed by atoms with Gasteiger partial charge in [0.05, 0.1) is 10.2 Å². The number of rotatable bonds is 9. The molecular weight excluding hydrogens is 364 g/mol. The van der Waals surface area contributed by atoms with Gasteiger partial charge in [-0.2, -0.15) is 0 Å². The fraction of sp³-hybridized carbons (Fsp3) is 0.435. The van der Waals surface area contributed by atoms with Gasteiger partial charge < -0.3 is 15.4 Å². The van der Waals surface area contributed by atoms with Gasteiger partial charge in [-0.1, -0.05) is 51.1 Å². The van der Waals surface area contributed by atoms with Crippen molar-refractivity contribution in [3.05, 3.63) is 59.7 Å². The van der Waals surface area contributed by atoms with E-state index in [0.717, 1.165) is 35.9 Å². The molecule has 2 aromatic rings. The van der Waals surface area contributed by atoms with Crippen LogP contribution in [0, 0.1) is 5.41 Å². The Labute approximate surface area is 172 Å². The van der Waals surface area contributed by atoms with Crippen LogP contribution < -0.4 is 15.7 Å². The molecule has 1 amide bonds. The standard InChI is InChI=1S/C23H31N2O2Si/c1-23(2,3)17-25(14-8-7-13-24)22(26)19-11-12-20(21(28)15-19)27-16-18-9-5-4-6-10-18/h4-6,9-12,15H,7-8,13-14,16-17,24H2,1-3H3. The van der Waals surface area contributed by atoms with Gasteiger partial charge in [0.15, 0.2) is 0 Å². The van der Waals surface area contributed by atoms with E-state index in [1.807, 2.05) is 53.4 Å². The molecule has 0 unspecified atom stereocenters. The van der Waals surface area contributed by atoms with E-state index in [4.69, 9.17) is 10.5 Å². The quantitative estimate of drug-likeness (QED) is 0.524. The monoisotopic (exact) mass is 395 g/mol. The van der Waals surface area contributed by atoms with Crippen molar-refractivity contribution in [2.24, 2.45) is 11.1 Å². The summed E-state index contributed by atoms with van der Waals surface area (Å²) in [7, 11) is 3.61. The molecule has 4 nitrogen and oxygen atoms in total. The molecule has 2 aromatic carbocycles. The van der Waals surface area contributed by atoms with E-state index >= 15 is 0 Å². The lowest BCUT2D eigenvalue weighted by Gasteiger charge is -2.30. The zero-order valence-corrected chi connectivity index (χ0v) is 18.2. The normalized spacial score (nSPS) is 11.3. The van der Waals surface area contributed by atoms with Crippen LogP contribution in [0.1, 0.15) is 49.5 Å². The zero-order chi connectivity index (χ0) is 20.6. The summed E-state index contributed by atoms with van der Waals surface area (Å²) in [6.07, 6.45) is 1.83. The first-order valence-corrected chi connectivity index (χ1v) is 10.3. The number of carbonyl (C=O) groups excluding carboxylic acids is 1. The lowest BCUT2D eigenvalue weighted by atomic mass is 9.95. The van der Waals surface area contributed by atoms with Crippen LogP contribution in [0.15, 0.2) is 48.5 Å². The van der Waals surface area contributed by atoms with Gasteiger partial charge in [0.2, 0.25) is 0 Å². The predicted octanol–water partition coefficient (Wildman–Crippen LogP) is 3.29. The molecule has 28 heavy (non-hydrogen) atoms. The second-order valence-electron chi connectivity index (χ2n) is 8.27. The van der Waals surface area contributed by atoms with Crippen molar-refractivity contribution < 1.29 is 9.53 Å². The highest BCUT2D eigenvalue weighted by molar-refractivity contribution is 6.34. The Hall–Kier alpha value is -2.11. The van der Waals surface area contributed by atoms with Gasteiger partial charge in [0.1, 0.15) is 12.4 Å². The van der Waals surface area contributed by atoms with E-state index in [1.165, 1.54) is 0 Å². The average molecular weight is 396 g/mol. The Morgan fingerprint density at radius 1 is 1.11 bits per heavy atom. The summed E-state index contributed by atoms with van der Waals surface area (Å²) in [5.41, 5.74) is 7.41. The minimum atomic E-state index is 0.0356. The number of nitrogens with two attached hydrogens (primary N) is 1. The molecule has 3 radical (unpaired) electrons. The number of ether oxygens (including phenoxy) is 1. The maximum absolute atomic E-state index is 13.1. The molecule has 0 heterocycles. The number of hydrogen-bond donors (Lipinski definition) is 1. The Bertz CT molecular complexity index is 757. The Balaban J connectivity index is 2.08. The van der Waals surface area contributed by atoms with E-state index in [-0.39, 0.29) is 11.3 Å².